The number of carbonyl (C=O) groups excluding carboxylic acids is 1. The number of ether oxygens (including phenoxy) is 1. The van der Waals surface area contributed by atoms with Crippen LogP contribution in [-0.2, 0) is 14.8 Å². The van der Waals surface area contributed by atoms with Crippen molar-refractivity contribution in [3.8, 4) is 5.75 Å². The van der Waals surface area contributed by atoms with E-state index in [0.29, 0.717) is 16.5 Å². The molecule has 2 aromatic rings. The molecule has 2 rings (SSSR count). The fraction of sp³-hybridized carbons (Fsp3) is 0.316. The van der Waals surface area contributed by atoms with Gasteiger partial charge in [0, 0.05) is 17.6 Å². The Kier molecular flexibility index (Phi) is 6.38. The van der Waals surface area contributed by atoms with E-state index >= 15 is 0 Å². The van der Waals surface area contributed by atoms with E-state index < -0.39 is 10.0 Å². The van der Waals surface area contributed by atoms with Gasteiger partial charge in [-0.15, -0.1) is 0 Å². The summed E-state index contributed by atoms with van der Waals surface area (Å²) in [5.74, 6) is 0.245. The van der Waals surface area contributed by atoms with E-state index in [1.807, 2.05) is 20.8 Å². The van der Waals surface area contributed by atoms with E-state index in [-0.39, 0.29) is 22.9 Å². The summed E-state index contributed by atoms with van der Waals surface area (Å²) in [7, 11) is -2.23. The molecule has 8 heteroatoms. The molecule has 146 valence electrons. The minimum Gasteiger partial charge on any atom is -0.484 e. The third kappa shape index (κ3) is 5.87. The number of benzene rings is 2. The zero-order chi connectivity index (χ0) is 20.2. The van der Waals surface area contributed by atoms with Crippen molar-refractivity contribution in [2.24, 2.45) is 0 Å². The van der Waals surface area contributed by atoms with Gasteiger partial charge in [0.2, 0.25) is 0 Å². The Morgan fingerprint density at radius 3 is 2.15 bits per heavy atom. The average molecular weight is 411 g/mol. The molecule has 0 aliphatic heterocycles. The molecule has 0 fully saturated rings. The van der Waals surface area contributed by atoms with Crippen LogP contribution in [0.4, 0.5) is 5.69 Å². The summed E-state index contributed by atoms with van der Waals surface area (Å²) in [6.45, 7) is 5.54. The van der Waals surface area contributed by atoms with Crippen molar-refractivity contribution in [2.45, 2.75) is 31.2 Å². The van der Waals surface area contributed by atoms with Crippen molar-refractivity contribution in [1.29, 1.82) is 0 Å². The van der Waals surface area contributed by atoms with Crippen LogP contribution in [0.5, 0.6) is 5.75 Å². The lowest BCUT2D eigenvalue weighted by molar-refractivity contribution is -0.124. The van der Waals surface area contributed by atoms with E-state index in [9.17, 15) is 13.2 Å². The van der Waals surface area contributed by atoms with Crippen LogP contribution < -0.4 is 14.4 Å². The number of carbonyl (C=O) groups is 1. The number of anilines is 1. The highest BCUT2D eigenvalue weighted by Crippen LogP contribution is 2.25. The molecule has 0 saturated carbocycles. The van der Waals surface area contributed by atoms with Crippen molar-refractivity contribution in [2.75, 3.05) is 18.0 Å². The maximum atomic E-state index is 12.7. The number of hydrogen-bond acceptors (Lipinski definition) is 4. The highest BCUT2D eigenvalue weighted by atomic mass is 35.5. The fourth-order valence-corrected chi connectivity index (χ4v) is 3.58. The standard InChI is InChI=1S/C19H23ClN2O4S/c1-19(2,3)21-18(23)13-26-16-9-7-15(8-10-16)22(4)27(24,25)17-11-5-14(20)6-12-17/h5-12H,13H2,1-4H3,(H,21,23). The Labute approximate surface area is 165 Å². The summed E-state index contributed by atoms with van der Waals surface area (Å²) in [5.41, 5.74) is 0.139. The summed E-state index contributed by atoms with van der Waals surface area (Å²) in [5, 5.41) is 3.27. The molecule has 0 spiro atoms. The predicted molar refractivity (Wildman–Crippen MR) is 107 cm³/mol. The number of halogens is 1. The molecular weight excluding hydrogens is 388 g/mol. The van der Waals surface area contributed by atoms with Gasteiger partial charge in [-0.1, -0.05) is 11.6 Å². The molecule has 2 aromatic carbocycles. The zero-order valence-electron chi connectivity index (χ0n) is 15.7. The first-order valence-electron chi connectivity index (χ1n) is 8.27. The fourth-order valence-electron chi connectivity index (χ4n) is 2.26. The highest BCUT2D eigenvalue weighted by molar-refractivity contribution is 7.92. The van der Waals surface area contributed by atoms with Crippen molar-refractivity contribution in [3.05, 3.63) is 53.6 Å². The maximum Gasteiger partial charge on any atom is 0.264 e. The molecular formula is C19H23ClN2O4S. The molecule has 0 saturated heterocycles. The Balaban J connectivity index is 2.05. The van der Waals surface area contributed by atoms with Crippen LogP contribution in [0.3, 0.4) is 0 Å². The SMILES string of the molecule is CN(c1ccc(OCC(=O)NC(C)(C)C)cc1)S(=O)(=O)c1ccc(Cl)cc1. The second kappa shape index (κ2) is 8.19. The van der Waals surface area contributed by atoms with Gasteiger partial charge in [-0.05, 0) is 69.3 Å². The summed E-state index contributed by atoms with van der Waals surface area (Å²) >= 11 is 5.81. The third-order valence-electron chi connectivity index (χ3n) is 3.56. The minimum absolute atomic E-state index is 0.116. The van der Waals surface area contributed by atoms with Crippen LogP contribution in [0.2, 0.25) is 5.02 Å². The smallest absolute Gasteiger partial charge is 0.264 e. The van der Waals surface area contributed by atoms with Crippen LogP contribution in [0.25, 0.3) is 0 Å². The summed E-state index contributed by atoms with van der Waals surface area (Å²) in [6, 6.07) is 12.4. The first-order valence-corrected chi connectivity index (χ1v) is 10.1. The number of sulfonamides is 1. The van der Waals surface area contributed by atoms with Crippen molar-refractivity contribution < 1.29 is 17.9 Å². The van der Waals surface area contributed by atoms with E-state index in [4.69, 9.17) is 16.3 Å². The molecule has 0 bridgehead atoms. The van der Waals surface area contributed by atoms with Gasteiger partial charge in [0.15, 0.2) is 6.61 Å². The summed E-state index contributed by atoms with van der Waals surface area (Å²) in [4.78, 5) is 11.9. The quantitative estimate of drug-likeness (QED) is 0.791. The lowest BCUT2D eigenvalue weighted by Gasteiger charge is -2.21. The van der Waals surface area contributed by atoms with Crippen molar-refractivity contribution in [1.82, 2.24) is 5.32 Å². The first-order chi connectivity index (χ1) is 12.5. The van der Waals surface area contributed by atoms with E-state index in [0.717, 1.165) is 0 Å². The first kappa shape index (κ1) is 21.1. The van der Waals surface area contributed by atoms with Crippen LogP contribution >= 0.6 is 11.6 Å². The van der Waals surface area contributed by atoms with Crippen molar-refractivity contribution in [3.63, 3.8) is 0 Å². The molecule has 1 amide bonds. The predicted octanol–water partition coefficient (Wildman–Crippen LogP) is 3.46. The van der Waals surface area contributed by atoms with E-state index in [1.54, 1.807) is 24.3 Å². The summed E-state index contributed by atoms with van der Waals surface area (Å²) < 4.78 is 32.0. The largest absolute Gasteiger partial charge is 0.484 e. The Morgan fingerprint density at radius 2 is 1.63 bits per heavy atom. The molecule has 1 N–H and O–H groups in total. The van der Waals surface area contributed by atoms with Gasteiger partial charge in [-0.2, -0.15) is 0 Å². The van der Waals surface area contributed by atoms with Gasteiger partial charge in [0.05, 0.1) is 10.6 Å². The van der Waals surface area contributed by atoms with Gasteiger partial charge in [0.25, 0.3) is 15.9 Å². The van der Waals surface area contributed by atoms with Gasteiger partial charge in [0.1, 0.15) is 5.75 Å². The number of nitrogens with zero attached hydrogens (tertiary/aromatic N) is 1. The van der Waals surface area contributed by atoms with Crippen LogP contribution in [-0.4, -0.2) is 33.5 Å². The minimum atomic E-state index is -3.70. The Bertz CT molecular complexity index is 889. The molecule has 0 atom stereocenters. The second-order valence-corrected chi connectivity index (χ2v) is 9.41. The highest BCUT2D eigenvalue weighted by Gasteiger charge is 2.21. The lowest BCUT2D eigenvalue weighted by Crippen LogP contribution is -2.43. The average Bonchev–Trinajstić information content (AvgIpc) is 2.58. The monoisotopic (exact) mass is 410 g/mol. The van der Waals surface area contributed by atoms with Crippen LogP contribution in [0.15, 0.2) is 53.4 Å². The number of nitrogens with one attached hydrogen (secondary N) is 1. The topological polar surface area (TPSA) is 75.7 Å². The second-order valence-electron chi connectivity index (χ2n) is 7.01. The Morgan fingerprint density at radius 1 is 1.07 bits per heavy atom. The molecule has 0 radical (unpaired) electrons. The van der Waals surface area contributed by atoms with Crippen molar-refractivity contribution >= 4 is 33.2 Å². The molecule has 0 heterocycles. The third-order valence-corrected chi connectivity index (χ3v) is 5.61. The zero-order valence-corrected chi connectivity index (χ0v) is 17.3. The van der Waals surface area contributed by atoms with E-state index in [2.05, 4.69) is 5.32 Å². The Hall–Kier alpha value is -2.25. The summed E-state index contributed by atoms with van der Waals surface area (Å²) in [6.07, 6.45) is 0. The normalized spacial score (nSPS) is 11.7. The maximum absolute atomic E-state index is 12.7. The molecule has 0 unspecified atom stereocenters. The molecule has 0 aliphatic carbocycles. The van der Waals surface area contributed by atoms with Gasteiger partial charge < -0.3 is 10.1 Å². The van der Waals surface area contributed by atoms with Gasteiger partial charge in [-0.25, -0.2) is 8.42 Å². The lowest BCUT2D eigenvalue weighted by atomic mass is 10.1. The van der Waals surface area contributed by atoms with Crippen LogP contribution in [0, 0.1) is 0 Å². The molecule has 0 aromatic heterocycles. The van der Waals surface area contributed by atoms with Crippen LogP contribution in [0.1, 0.15) is 20.8 Å². The molecule has 27 heavy (non-hydrogen) atoms. The molecule has 6 nitrogen and oxygen atoms in total. The number of rotatable bonds is 6. The van der Waals surface area contributed by atoms with E-state index in [1.165, 1.54) is 35.6 Å². The van der Waals surface area contributed by atoms with Gasteiger partial charge in [-0.3, -0.25) is 9.10 Å². The molecule has 0 aliphatic rings. The number of amides is 1. The van der Waals surface area contributed by atoms with Gasteiger partial charge >= 0.3 is 0 Å². The number of hydrogen-bond donors (Lipinski definition) is 1.